The van der Waals surface area contributed by atoms with E-state index in [0.717, 1.165) is 0 Å². The van der Waals surface area contributed by atoms with Crippen LogP contribution >= 0.6 is 0 Å². The van der Waals surface area contributed by atoms with Gasteiger partial charge in [0.05, 0.1) is 5.56 Å². The number of nitrogens with one attached hydrogen (secondary N) is 1. The van der Waals surface area contributed by atoms with Crippen LogP contribution in [0.3, 0.4) is 0 Å². The van der Waals surface area contributed by atoms with E-state index in [-0.39, 0.29) is 12.3 Å². The van der Waals surface area contributed by atoms with Crippen molar-refractivity contribution >= 4 is 5.91 Å². The number of benzene rings is 1. The van der Waals surface area contributed by atoms with E-state index in [1.54, 1.807) is 0 Å². The number of rotatable bonds is 2. The first-order chi connectivity index (χ1) is 8.00. The van der Waals surface area contributed by atoms with E-state index >= 15 is 0 Å². The van der Waals surface area contributed by atoms with E-state index in [0.29, 0.717) is 18.7 Å². The Bertz CT molecular complexity index is 465. The first-order valence-corrected chi connectivity index (χ1v) is 4.88. The first kappa shape index (κ1) is 13.1. The summed E-state index contributed by atoms with van der Waals surface area (Å²) in [7, 11) is 0. The number of halogens is 3. The van der Waals surface area contributed by atoms with Crippen molar-refractivity contribution in [3.63, 3.8) is 0 Å². The highest BCUT2D eigenvalue weighted by atomic mass is 19.1. The van der Waals surface area contributed by atoms with E-state index in [2.05, 4.69) is 17.2 Å². The fourth-order valence-electron chi connectivity index (χ4n) is 1.11. The van der Waals surface area contributed by atoms with Gasteiger partial charge in [0.1, 0.15) is 17.5 Å². The molecule has 0 bridgehead atoms. The van der Waals surface area contributed by atoms with Crippen molar-refractivity contribution in [3.05, 3.63) is 35.1 Å². The summed E-state index contributed by atoms with van der Waals surface area (Å²) in [4.78, 5) is 10.5. The summed E-state index contributed by atoms with van der Waals surface area (Å²) in [5, 5.41) is 2.48. The summed E-state index contributed by atoms with van der Waals surface area (Å²) in [5.41, 5.74) is -0.464. The van der Waals surface area contributed by atoms with Crippen LogP contribution in [0.2, 0.25) is 0 Å². The maximum atomic E-state index is 13.1. The molecule has 1 aromatic carbocycles. The maximum Gasteiger partial charge on any atom is 0.216 e. The molecule has 17 heavy (non-hydrogen) atoms. The summed E-state index contributed by atoms with van der Waals surface area (Å²) in [6.07, 6.45) is 0.260. The molecule has 0 unspecified atom stereocenters. The van der Waals surface area contributed by atoms with Gasteiger partial charge in [0, 0.05) is 32.0 Å². The Morgan fingerprint density at radius 3 is 2.41 bits per heavy atom. The first-order valence-electron chi connectivity index (χ1n) is 4.88. The SMILES string of the molecule is CC(=O)NCCC#Cc1c(F)cc(F)cc1F. The van der Waals surface area contributed by atoms with Crippen LogP contribution in [-0.2, 0) is 4.79 Å². The van der Waals surface area contributed by atoms with Crippen LogP contribution in [0, 0.1) is 29.3 Å². The van der Waals surface area contributed by atoms with Gasteiger partial charge >= 0.3 is 0 Å². The van der Waals surface area contributed by atoms with Crippen molar-refractivity contribution in [2.45, 2.75) is 13.3 Å². The Morgan fingerprint density at radius 2 is 1.88 bits per heavy atom. The minimum absolute atomic E-state index is 0.203. The van der Waals surface area contributed by atoms with Crippen molar-refractivity contribution in [2.24, 2.45) is 0 Å². The van der Waals surface area contributed by atoms with Gasteiger partial charge in [-0.2, -0.15) is 0 Å². The molecule has 0 radical (unpaired) electrons. The highest BCUT2D eigenvalue weighted by Crippen LogP contribution is 2.13. The number of hydrogen-bond acceptors (Lipinski definition) is 1. The second-order valence-electron chi connectivity index (χ2n) is 3.28. The van der Waals surface area contributed by atoms with Gasteiger partial charge < -0.3 is 5.32 Å². The van der Waals surface area contributed by atoms with Gasteiger partial charge in [-0.3, -0.25) is 4.79 Å². The second kappa shape index (κ2) is 5.94. The Labute approximate surface area is 96.8 Å². The Balaban J connectivity index is 2.69. The third-order valence-electron chi connectivity index (χ3n) is 1.84. The quantitative estimate of drug-likeness (QED) is 0.622. The van der Waals surface area contributed by atoms with Crippen LogP contribution in [-0.4, -0.2) is 12.5 Å². The van der Waals surface area contributed by atoms with Crippen LogP contribution in [0.15, 0.2) is 12.1 Å². The lowest BCUT2D eigenvalue weighted by atomic mass is 10.2. The van der Waals surface area contributed by atoms with Crippen LogP contribution < -0.4 is 5.32 Å². The van der Waals surface area contributed by atoms with Gasteiger partial charge in [0.15, 0.2) is 0 Å². The molecule has 1 aromatic rings. The smallest absolute Gasteiger partial charge is 0.216 e. The average Bonchev–Trinajstić information content (AvgIpc) is 2.20. The standard InChI is InChI=1S/C12H10F3NO/c1-8(17)16-5-3-2-4-10-11(14)6-9(13)7-12(10)15/h6-7H,3,5H2,1H3,(H,16,17). The molecular weight excluding hydrogens is 231 g/mol. The molecule has 0 saturated heterocycles. The molecule has 1 N–H and O–H groups in total. The van der Waals surface area contributed by atoms with Gasteiger partial charge in [0.2, 0.25) is 5.91 Å². The van der Waals surface area contributed by atoms with Gasteiger partial charge in [-0.25, -0.2) is 13.2 Å². The fraction of sp³-hybridized carbons (Fsp3) is 0.250. The van der Waals surface area contributed by atoms with Crippen LogP contribution in [0.5, 0.6) is 0 Å². The van der Waals surface area contributed by atoms with Crippen molar-refractivity contribution in [1.29, 1.82) is 0 Å². The van der Waals surface area contributed by atoms with Gasteiger partial charge in [-0.05, 0) is 0 Å². The minimum atomic E-state index is -1.03. The van der Waals surface area contributed by atoms with Crippen LogP contribution in [0.4, 0.5) is 13.2 Å². The van der Waals surface area contributed by atoms with Gasteiger partial charge in [-0.15, -0.1) is 0 Å². The molecule has 0 saturated carbocycles. The van der Waals surface area contributed by atoms with Crippen LogP contribution in [0.1, 0.15) is 18.9 Å². The van der Waals surface area contributed by atoms with Crippen molar-refractivity contribution in [3.8, 4) is 11.8 Å². The number of amides is 1. The third kappa shape index (κ3) is 4.19. The van der Waals surface area contributed by atoms with E-state index in [4.69, 9.17) is 0 Å². The molecule has 0 heterocycles. The lowest BCUT2D eigenvalue weighted by molar-refractivity contribution is -0.118. The topological polar surface area (TPSA) is 29.1 Å². The van der Waals surface area contributed by atoms with Crippen molar-refractivity contribution in [2.75, 3.05) is 6.54 Å². The summed E-state index contributed by atoms with van der Waals surface area (Å²) in [5.74, 6) is 1.50. The Kier molecular flexibility index (Phi) is 4.58. The molecule has 90 valence electrons. The fourth-order valence-corrected chi connectivity index (χ4v) is 1.11. The largest absolute Gasteiger partial charge is 0.355 e. The molecule has 0 aliphatic rings. The summed E-state index contributed by atoms with van der Waals surface area (Å²) in [6, 6.07) is 1.14. The molecular formula is C12H10F3NO. The zero-order chi connectivity index (χ0) is 12.8. The maximum absolute atomic E-state index is 13.1. The molecule has 0 atom stereocenters. The molecule has 0 fully saturated rings. The Morgan fingerprint density at radius 1 is 1.29 bits per heavy atom. The molecule has 0 aliphatic heterocycles. The molecule has 1 amide bonds. The molecule has 2 nitrogen and oxygen atoms in total. The predicted molar refractivity (Wildman–Crippen MR) is 56.5 cm³/mol. The van der Waals surface area contributed by atoms with Gasteiger partial charge in [0.25, 0.3) is 0 Å². The zero-order valence-corrected chi connectivity index (χ0v) is 9.11. The van der Waals surface area contributed by atoms with E-state index < -0.39 is 23.0 Å². The molecule has 0 aliphatic carbocycles. The molecule has 1 rings (SSSR count). The third-order valence-corrected chi connectivity index (χ3v) is 1.84. The highest BCUT2D eigenvalue weighted by Gasteiger charge is 2.08. The van der Waals surface area contributed by atoms with Crippen molar-refractivity contribution in [1.82, 2.24) is 5.32 Å². The Hall–Kier alpha value is -1.96. The number of carbonyl (C=O) groups is 1. The van der Waals surface area contributed by atoms with Crippen LogP contribution in [0.25, 0.3) is 0 Å². The van der Waals surface area contributed by atoms with Crippen molar-refractivity contribution < 1.29 is 18.0 Å². The number of hydrogen-bond donors (Lipinski definition) is 1. The van der Waals surface area contributed by atoms with Gasteiger partial charge in [-0.1, -0.05) is 11.8 Å². The second-order valence-corrected chi connectivity index (χ2v) is 3.28. The predicted octanol–water partition coefficient (Wildman–Crippen LogP) is 1.98. The van der Waals surface area contributed by atoms with E-state index in [1.165, 1.54) is 6.92 Å². The lowest BCUT2D eigenvalue weighted by Crippen LogP contribution is -2.20. The normalized spacial score (nSPS) is 9.41. The molecule has 5 heteroatoms. The molecule has 0 aromatic heterocycles. The zero-order valence-electron chi connectivity index (χ0n) is 9.11. The number of carbonyl (C=O) groups excluding carboxylic acids is 1. The average molecular weight is 241 g/mol. The monoisotopic (exact) mass is 241 g/mol. The summed E-state index contributed by atoms with van der Waals surface area (Å²) >= 11 is 0. The summed E-state index contributed by atoms with van der Waals surface area (Å²) in [6.45, 7) is 1.65. The minimum Gasteiger partial charge on any atom is -0.355 e. The summed E-state index contributed by atoms with van der Waals surface area (Å²) < 4.78 is 38.8. The van der Waals surface area contributed by atoms with E-state index in [1.807, 2.05) is 0 Å². The van der Waals surface area contributed by atoms with E-state index in [9.17, 15) is 18.0 Å². The lowest BCUT2D eigenvalue weighted by Gasteiger charge is -1.97. The highest BCUT2D eigenvalue weighted by molar-refractivity contribution is 5.72. The molecule has 0 spiro atoms.